The molecule has 26 heavy (non-hydrogen) atoms. The molecule has 0 saturated carbocycles. The van der Waals surface area contributed by atoms with Crippen LogP contribution in [0.2, 0.25) is 5.15 Å². The molecular formula is C17H10ClF3N4O. The Balaban J connectivity index is 1.97. The number of carbonyl (C=O) groups is 1. The van der Waals surface area contributed by atoms with Crippen LogP contribution in [-0.4, -0.2) is 16.0 Å². The van der Waals surface area contributed by atoms with Crippen molar-refractivity contribution in [3.63, 3.8) is 0 Å². The highest BCUT2D eigenvalue weighted by atomic mass is 35.5. The smallest absolute Gasteiger partial charge is 0.333 e. The van der Waals surface area contributed by atoms with E-state index < -0.39 is 17.8 Å². The molecule has 0 fully saturated rings. The summed E-state index contributed by atoms with van der Waals surface area (Å²) in [6.45, 7) is 0.195. The molecular weight excluding hydrogens is 369 g/mol. The standard InChI is InChI=1S/C17H10ClF3N4O/c18-13-5-4-12-14(24-13)15-9(7-22-12)8-23-16(26)25(15)11-3-1-2-10(6-11)17(19,20)21/h1-7H,8H2,(H,23,26). The van der Waals surface area contributed by atoms with Crippen molar-refractivity contribution in [2.24, 2.45) is 0 Å². The van der Waals surface area contributed by atoms with Gasteiger partial charge in [-0.2, -0.15) is 13.2 Å². The second-order valence-corrected chi connectivity index (χ2v) is 6.06. The van der Waals surface area contributed by atoms with Crippen LogP contribution in [0.3, 0.4) is 0 Å². The molecule has 0 radical (unpaired) electrons. The lowest BCUT2D eigenvalue weighted by Gasteiger charge is -2.30. The van der Waals surface area contributed by atoms with Crippen molar-refractivity contribution in [1.82, 2.24) is 15.3 Å². The van der Waals surface area contributed by atoms with Gasteiger partial charge in [-0.15, -0.1) is 0 Å². The molecule has 9 heteroatoms. The van der Waals surface area contributed by atoms with Gasteiger partial charge in [-0.1, -0.05) is 17.7 Å². The Bertz CT molecular complexity index is 1040. The quantitative estimate of drug-likeness (QED) is 0.626. The predicted molar refractivity (Wildman–Crippen MR) is 90.4 cm³/mol. The van der Waals surface area contributed by atoms with Crippen LogP contribution < -0.4 is 10.2 Å². The zero-order chi connectivity index (χ0) is 18.5. The topological polar surface area (TPSA) is 58.1 Å². The second-order valence-electron chi connectivity index (χ2n) is 5.68. The van der Waals surface area contributed by atoms with E-state index in [1.807, 2.05) is 0 Å². The lowest BCUT2D eigenvalue weighted by Crippen LogP contribution is -2.41. The van der Waals surface area contributed by atoms with E-state index in [0.717, 1.165) is 12.1 Å². The van der Waals surface area contributed by atoms with Crippen molar-refractivity contribution in [1.29, 1.82) is 0 Å². The first-order chi connectivity index (χ1) is 12.3. The molecule has 1 aliphatic heterocycles. The Morgan fingerprint density at radius 2 is 2.00 bits per heavy atom. The maximum atomic E-state index is 13.1. The van der Waals surface area contributed by atoms with Crippen molar-refractivity contribution in [2.45, 2.75) is 12.7 Å². The number of fused-ring (bicyclic) bond motifs is 3. The van der Waals surface area contributed by atoms with E-state index in [2.05, 4.69) is 15.3 Å². The second kappa shape index (κ2) is 5.84. The van der Waals surface area contributed by atoms with E-state index in [9.17, 15) is 18.0 Å². The fourth-order valence-corrected chi connectivity index (χ4v) is 3.01. The highest BCUT2D eigenvalue weighted by molar-refractivity contribution is 6.30. The van der Waals surface area contributed by atoms with E-state index in [1.54, 1.807) is 18.3 Å². The number of hydrogen-bond donors (Lipinski definition) is 1. The Morgan fingerprint density at radius 1 is 1.19 bits per heavy atom. The van der Waals surface area contributed by atoms with Gasteiger partial charge in [0.05, 0.1) is 22.5 Å². The van der Waals surface area contributed by atoms with E-state index in [1.165, 1.54) is 17.0 Å². The van der Waals surface area contributed by atoms with Gasteiger partial charge in [-0.25, -0.2) is 9.78 Å². The molecule has 5 nitrogen and oxygen atoms in total. The van der Waals surface area contributed by atoms with Crippen LogP contribution in [0.15, 0.2) is 42.6 Å². The summed E-state index contributed by atoms with van der Waals surface area (Å²) >= 11 is 5.97. The summed E-state index contributed by atoms with van der Waals surface area (Å²) in [5.74, 6) is 0. The monoisotopic (exact) mass is 378 g/mol. The highest BCUT2D eigenvalue weighted by Crippen LogP contribution is 2.39. The summed E-state index contributed by atoms with van der Waals surface area (Å²) in [4.78, 5) is 22.2. The number of benzene rings is 1. The molecule has 2 aromatic heterocycles. The maximum Gasteiger partial charge on any atom is 0.416 e. The van der Waals surface area contributed by atoms with Crippen molar-refractivity contribution in [2.75, 3.05) is 4.90 Å². The molecule has 3 aromatic rings. The Labute approximate surface area is 150 Å². The van der Waals surface area contributed by atoms with Gasteiger partial charge in [-0.05, 0) is 30.3 Å². The zero-order valence-corrected chi connectivity index (χ0v) is 13.8. The number of nitrogens with zero attached hydrogens (tertiary/aromatic N) is 3. The molecule has 4 rings (SSSR count). The zero-order valence-electron chi connectivity index (χ0n) is 13.0. The fraction of sp³-hybridized carbons (Fsp3) is 0.118. The van der Waals surface area contributed by atoms with Crippen LogP contribution >= 0.6 is 11.6 Å². The summed E-state index contributed by atoms with van der Waals surface area (Å²) in [5, 5.41) is 2.83. The van der Waals surface area contributed by atoms with E-state index in [-0.39, 0.29) is 17.4 Å². The maximum absolute atomic E-state index is 13.1. The average Bonchev–Trinajstić information content (AvgIpc) is 2.61. The van der Waals surface area contributed by atoms with Crippen LogP contribution in [-0.2, 0) is 12.7 Å². The van der Waals surface area contributed by atoms with Gasteiger partial charge in [0.2, 0.25) is 0 Å². The van der Waals surface area contributed by atoms with Gasteiger partial charge in [0.25, 0.3) is 0 Å². The average molecular weight is 379 g/mol. The highest BCUT2D eigenvalue weighted by Gasteiger charge is 2.33. The number of nitrogens with one attached hydrogen (secondary N) is 1. The van der Waals surface area contributed by atoms with Crippen molar-refractivity contribution in [3.05, 3.63) is 58.9 Å². The molecule has 0 aliphatic carbocycles. The Morgan fingerprint density at radius 3 is 2.77 bits per heavy atom. The molecule has 1 aromatic carbocycles. The van der Waals surface area contributed by atoms with Gasteiger partial charge >= 0.3 is 12.2 Å². The minimum Gasteiger partial charge on any atom is -0.333 e. The molecule has 0 atom stereocenters. The normalized spacial score (nSPS) is 14.3. The Hall–Kier alpha value is -2.87. The summed E-state index contributed by atoms with van der Waals surface area (Å²) in [5.41, 5.74) is 1.07. The Kier molecular flexibility index (Phi) is 3.73. The van der Waals surface area contributed by atoms with Crippen LogP contribution in [0.4, 0.5) is 29.3 Å². The molecule has 1 N–H and O–H groups in total. The van der Waals surface area contributed by atoms with Crippen LogP contribution in [0.25, 0.3) is 11.0 Å². The number of pyridine rings is 2. The fourth-order valence-electron chi connectivity index (χ4n) is 2.87. The first-order valence-electron chi connectivity index (χ1n) is 7.54. The number of urea groups is 1. The molecule has 2 amide bonds. The van der Waals surface area contributed by atoms with E-state index in [4.69, 9.17) is 11.6 Å². The lowest BCUT2D eigenvalue weighted by atomic mass is 10.1. The van der Waals surface area contributed by atoms with E-state index in [0.29, 0.717) is 22.3 Å². The predicted octanol–water partition coefficient (Wildman–Crippen LogP) is 4.66. The minimum atomic E-state index is -4.52. The molecule has 1 aliphatic rings. The molecule has 3 heterocycles. The number of rotatable bonds is 1. The summed E-state index contributed by atoms with van der Waals surface area (Å²) < 4.78 is 39.2. The number of carbonyl (C=O) groups excluding carboxylic acids is 1. The third-order valence-corrected chi connectivity index (χ3v) is 4.23. The van der Waals surface area contributed by atoms with Crippen LogP contribution in [0.5, 0.6) is 0 Å². The van der Waals surface area contributed by atoms with Crippen LogP contribution in [0.1, 0.15) is 11.1 Å². The molecule has 0 spiro atoms. The third-order valence-electron chi connectivity index (χ3n) is 4.02. The van der Waals surface area contributed by atoms with Gasteiger partial charge in [0.15, 0.2) is 0 Å². The first-order valence-corrected chi connectivity index (χ1v) is 7.92. The summed E-state index contributed by atoms with van der Waals surface area (Å²) in [6, 6.07) is 7.20. The summed E-state index contributed by atoms with van der Waals surface area (Å²) in [6.07, 6.45) is -2.96. The van der Waals surface area contributed by atoms with Gasteiger partial charge in [-0.3, -0.25) is 9.88 Å². The molecule has 132 valence electrons. The summed E-state index contributed by atoms with van der Waals surface area (Å²) in [7, 11) is 0. The lowest BCUT2D eigenvalue weighted by molar-refractivity contribution is -0.137. The number of halogens is 4. The van der Waals surface area contributed by atoms with Gasteiger partial charge in [0.1, 0.15) is 10.7 Å². The van der Waals surface area contributed by atoms with Crippen molar-refractivity contribution in [3.8, 4) is 0 Å². The number of amides is 2. The molecule has 0 unspecified atom stereocenters. The van der Waals surface area contributed by atoms with E-state index >= 15 is 0 Å². The first kappa shape index (κ1) is 16.6. The number of anilines is 2. The minimum absolute atomic E-state index is 0.0764. The van der Waals surface area contributed by atoms with Crippen molar-refractivity contribution < 1.29 is 18.0 Å². The number of hydrogen-bond acceptors (Lipinski definition) is 3. The largest absolute Gasteiger partial charge is 0.416 e. The molecule has 0 bridgehead atoms. The number of alkyl halides is 3. The third kappa shape index (κ3) is 2.72. The molecule has 0 saturated heterocycles. The van der Waals surface area contributed by atoms with Gasteiger partial charge < -0.3 is 5.32 Å². The SMILES string of the molecule is O=C1NCc2cnc3ccc(Cl)nc3c2N1c1cccc(C(F)(F)F)c1. The van der Waals surface area contributed by atoms with Gasteiger partial charge in [0, 0.05) is 18.3 Å². The van der Waals surface area contributed by atoms with Crippen molar-refractivity contribution >= 4 is 40.0 Å². The number of aromatic nitrogens is 2. The van der Waals surface area contributed by atoms with Crippen LogP contribution in [0, 0.1) is 0 Å².